The van der Waals surface area contributed by atoms with Gasteiger partial charge in [0.1, 0.15) is 10.6 Å². The molecule has 6 nitrogen and oxygen atoms in total. The van der Waals surface area contributed by atoms with E-state index in [4.69, 9.17) is 11.5 Å². The number of benzene rings is 2. The monoisotopic (exact) mass is 398 g/mol. The molecular weight excluding hydrogens is 379 g/mol. The van der Waals surface area contributed by atoms with Gasteiger partial charge in [-0.25, -0.2) is 14.4 Å². The second-order valence-electron chi connectivity index (χ2n) is 6.66. The molecule has 0 aliphatic carbocycles. The van der Waals surface area contributed by atoms with Crippen LogP contribution in [0.4, 0.5) is 10.3 Å². The molecule has 3 aromatic rings. The summed E-state index contributed by atoms with van der Waals surface area (Å²) >= 11 is 0. The molecule has 2 aromatic carbocycles. The smallest absolute Gasteiger partial charge is 0.236 e. The van der Waals surface area contributed by atoms with Gasteiger partial charge in [0.15, 0.2) is 0 Å². The Hall–Kier alpha value is -3.13. The summed E-state index contributed by atoms with van der Waals surface area (Å²) in [5.41, 5.74) is 12.8. The minimum absolute atomic E-state index is 0.106. The van der Waals surface area contributed by atoms with Gasteiger partial charge in [-0.05, 0) is 37.1 Å². The van der Waals surface area contributed by atoms with Crippen molar-refractivity contribution in [3.05, 3.63) is 60.7 Å². The van der Waals surface area contributed by atoms with Gasteiger partial charge in [0.25, 0.3) is 0 Å². The van der Waals surface area contributed by atoms with Crippen LogP contribution in [0.5, 0.6) is 0 Å². The fraction of sp³-hybridized carbons (Fsp3) is 0.150. The molecule has 4 N–H and O–H groups in total. The maximum atomic E-state index is 14.8. The zero-order chi connectivity index (χ0) is 20.5. The summed E-state index contributed by atoms with van der Waals surface area (Å²) in [5, 5.41) is 0. The highest BCUT2D eigenvalue weighted by atomic mass is 32.2. The highest BCUT2D eigenvalue weighted by Gasteiger charge is 2.34. The van der Waals surface area contributed by atoms with Gasteiger partial charge in [0, 0.05) is 28.4 Å². The van der Waals surface area contributed by atoms with Gasteiger partial charge in [0.2, 0.25) is 11.9 Å². The fourth-order valence-corrected chi connectivity index (χ4v) is 3.95. The van der Waals surface area contributed by atoms with Crippen molar-refractivity contribution in [1.29, 1.82) is 0 Å². The van der Waals surface area contributed by atoms with E-state index in [1.807, 2.05) is 0 Å². The number of amides is 1. The summed E-state index contributed by atoms with van der Waals surface area (Å²) in [6.45, 7) is 3.04. The average Bonchev–Trinajstić information content (AvgIpc) is 2.68. The molecule has 0 saturated carbocycles. The van der Waals surface area contributed by atoms with E-state index in [0.717, 1.165) is 0 Å². The molecule has 0 spiro atoms. The lowest BCUT2D eigenvalue weighted by Gasteiger charge is -2.21. The van der Waals surface area contributed by atoms with Crippen molar-refractivity contribution in [3.63, 3.8) is 0 Å². The lowest BCUT2D eigenvalue weighted by atomic mass is 10.0. The maximum Gasteiger partial charge on any atom is 0.236 e. The number of anilines is 1. The van der Waals surface area contributed by atoms with Crippen molar-refractivity contribution >= 4 is 22.7 Å². The molecular formula is C20H19FN4O2S. The number of primary amides is 1. The van der Waals surface area contributed by atoms with E-state index < -0.39 is 27.3 Å². The van der Waals surface area contributed by atoms with Crippen LogP contribution in [-0.2, 0) is 15.6 Å². The molecule has 3 rings (SSSR count). The number of halogens is 1. The minimum Gasteiger partial charge on any atom is -0.368 e. The molecule has 0 bridgehead atoms. The predicted octanol–water partition coefficient (Wildman–Crippen LogP) is 2.90. The van der Waals surface area contributed by atoms with Crippen LogP contribution in [0.15, 0.2) is 59.8 Å². The van der Waals surface area contributed by atoms with Gasteiger partial charge in [-0.3, -0.25) is 9.00 Å². The van der Waals surface area contributed by atoms with Crippen LogP contribution in [0.2, 0.25) is 0 Å². The van der Waals surface area contributed by atoms with Crippen LogP contribution in [-0.4, -0.2) is 24.8 Å². The normalized spacial score (nSPS) is 12.5. The Labute approximate surface area is 164 Å². The van der Waals surface area contributed by atoms with Crippen molar-refractivity contribution in [3.8, 4) is 22.3 Å². The number of aromatic nitrogens is 2. The number of rotatable bonds is 5. The first-order valence-corrected chi connectivity index (χ1v) is 9.55. The van der Waals surface area contributed by atoms with E-state index in [1.54, 1.807) is 36.4 Å². The highest BCUT2D eigenvalue weighted by molar-refractivity contribution is 7.87. The van der Waals surface area contributed by atoms with Crippen LogP contribution in [0.3, 0.4) is 0 Å². The van der Waals surface area contributed by atoms with Crippen molar-refractivity contribution in [2.45, 2.75) is 23.5 Å². The number of carbonyl (C=O) groups excluding carboxylic acids is 1. The third kappa shape index (κ3) is 3.63. The summed E-state index contributed by atoms with van der Waals surface area (Å²) in [5.74, 6) is -1.06. The van der Waals surface area contributed by atoms with Crippen LogP contribution in [0, 0.1) is 5.82 Å². The molecule has 1 atom stereocenters. The summed E-state index contributed by atoms with van der Waals surface area (Å²) in [4.78, 5) is 19.9. The molecule has 1 aromatic heterocycles. The third-order valence-electron chi connectivity index (χ3n) is 4.41. The largest absolute Gasteiger partial charge is 0.368 e. The Morgan fingerprint density at radius 2 is 1.68 bits per heavy atom. The molecule has 28 heavy (non-hydrogen) atoms. The van der Waals surface area contributed by atoms with Gasteiger partial charge in [-0.2, -0.15) is 0 Å². The molecule has 1 amide bonds. The van der Waals surface area contributed by atoms with E-state index in [0.29, 0.717) is 27.1 Å². The quantitative estimate of drug-likeness (QED) is 0.686. The number of hydrogen-bond donors (Lipinski definition) is 2. The van der Waals surface area contributed by atoms with E-state index in [2.05, 4.69) is 9.97 Å². The van der Waals surface area contributed by atoms with Gasteiger partial charge in [-0.15, -0.1) is 0 Å². The Balaban J connectivity index is 2.06. The van der Waals surface area contributed by atoms with Crippen LogP contribution < -0.4 is 11.5 Å². The SMILES string of the molecule is CC(C)(C(N)=O)S(=O)c1ccccc1-c1ccc(-c2cnc(N)nc2)c(F)c1. The molecule has 0 fully saturated rings. The van der Waals surface area contributed by atoms with Crippen LogP contribution in [0.1, 0.15) is 13.8 Å². The summed E-state index contributed by atoms with van der Waals surface area (Å²) in [7, 11) is -1.72. The van der Waals surface area contributed by atoms with Gasteiger partial charge >= 0.3 is 0 Å². The molecule has 1 heterocycles. The van der Waals surface area contributed by atoms with Gasteiger partial charge in [0.05, 0.1) is 10.8 Å². The van der Waals surface area contributed by atoms with Gasteiger partial charge in [-0.1, -0.05) is 30.3 Å². The second-order valence-corrected chi connectivity index (χ2v) is 8.66. The summed E-state index contributed by atoms with van der Waals surface area (Å²) in [6, 6.07) is 11.5. The summed E-state index contributed by atoms with van der Waals surface area (Å²) < 4.78 is 26.5. The fourth-order valence-electron chi connectivity index (χ4n) is 2.63. The Morgan fingerprint density at radius 3 is 2.29 bits per heavy atom. The van der Waals surface area contributed by atoms with E-state index in [-0.39, 0.29) is 5.95 Å². The molecule has 144 valence electrons. The van der Waals surface area contributed by atoms with Crippen molar-refractivity contribution in [1.82, 2.24) is 9.97 Å². The lowest BCUT2D eigenvalue weighted by Crippen LogP contribution is -2.42. The van der Waals surface area contributed by atoms with E-state index >= 15 is 0 Å². The number of nitrogens with zero attached hydrogens (tertiary/aromatic N) is 2. The lowest BCUT2D eigenvalue weighted by molar-refractivity contribution is -0.119. The molecule has 1 unspecified atom stereocenters. The number of hydrogen-bond acceptors (Lipinski definition) is 5. The summed E-state index contributed by atoms with van der Waals surface area (Å²) in [6.07, 6.45) is 2.89. The number of nitrogen functional groups attached to an aromatic ring is 1. The van der Waals surface area contributed by atoms with Crippen LogP contribution in [0.25, 0.3) is 22.3 Å². The molecule has 0 aliphatic rings. The zero-order valence-corrected chi connectivity index (χ0v) is 16.2. The zero-order valence-electron chi connectivity index (χ0n) is 15.3. The van der Waals surface area contributed by atoms with Crippen molar-refractivity contribution in [2.24, 2.45) is 5.73 Å². The van der Waals surface area contributed by atoms with Crippen molar-refractivity contribution < 1.29 is 13.4 Å². The highest BCUT2D eigenvalue weighted by Crippen LogP contribution is 2.33. The maximum absolute atomic E-state index is 14.8. The number of carbonyl (C=O) groups is 1. The topological polar surface area (TPSA) is 112 Å². The number of nitrogens with two attached hydrogens (primary N) is 2. The standard InChI is InChI=1S/C20H19FN4O2S/c1-20(2,18(22)26)28(27)17-6-4-3-5-15(17)12-7-8-14(16(21)9-12)13-10-24-19(23)25-11-13/h3-11H,1-2H3,(H2,22,26)(H2,23,24,25). The van der Waals surface area contributed by atoms with Crippen molar-refractivity contribution in [2.75, 3.05) is 5.73 Å². The first kappa shape index (κ1) is 19.6. The predicted molar refractivity (Wildman–Crippen MR) is 107 cm³/mol. The average molecular weight is 398 g/mol. The second kappa shape index (κ2) is 7.47. The Morgan fingerprint density at radius 1 is 1.04 bits per heavy atom. The Bertz CT molecular complexity index is 1070. The Kier molecular flexibility index (Phi) is 5.24. The minimum atomic E-state index is -1.72. The first-order chi connectivity index (χ1) is 13.2. The third-order valence-corrected chi connectivity index (χ3v) is 6.29. The molecule has 8 heteroatoms. The van der Waals surface area contributed by atoms with Gasteiger partial charge < -0.3 is 11.5 Å². The molecule has 0 aliphatic heterocycles. The van der Waals surface area contributed by atoms with E-state index in [1.165, 1.54) is 32.3 Å². The first-order valence-electron chi connectivity index (χ1n) is 8.40. The van der Waals surface area contributed by atoms with Crippen LogP contribution >= 0.6 is 0 Å². The van der Waals surface area contributed by atoms with E-state index in [9.17, 15) is 13.4 Å². The molecule has 0 radical (unpaired) electrons. The molecule has 0 saturated heterocycles.